The van der Waals surface area contributed by atoms with Crippen LogP contribution in [-0.2, 0) is 4.79 Å². The molecule has 2 aliphatic rings. The summed E-state index contributed by atoms with van der Waals surface area (Å²) >= 11 is 1.80. The molecule has 2 N–H and O–H groups in total. The van der Waals surface area contributed by atoms with E-state index in [0.717, 1.165) is 18.1 Å². The van der Waals surface area contributed by atoms with Crippen molar-refractivity contribution in [1.29, 1.82) is 0 Å². The lowest BCUT2D eigenvalue weighted by Crippen LogP contribution is -2.49. The number of thioether (sulfide) groups is 1. The maximum Gasteiger partial charge on any atom is 0.238 e. The maximum absolute atomic E-state index is 11.9. The van der Waals surface area contributed by atoms with Crippen molar-refractivity contribution in [3.05, 3.63) is 0 Å². The van der Waals surface area contributed by atoms with E-state index in [4.69, 9.17) is 0 Å². The second-order valence-electron chi connectivity index (χ2n) is 4.65. The molecule has 0 aromatic heterocycles. The number of hydrogen-bond acceptors (Lipinski definition) is 3. The Bertz CT molecular complexity index is 234. The van der Waals surface area contributed by atoms with Crippen molar-refractivity contribution in [2.45, 2.75) is 44.7 Å². The predicted octanol–water partition coefficient (Wildman–Crippen LogP) is 1.77. The Labute approximate surface area is 108 Å². The normalized spacial score (nSPS) is 34.2. The van der Waals surface area contributed by atoms with Gasteiger partial charge in [0.25, 0.3) is 0 Å². The summed E-state index contributed by atoms with van der Waals surface area (Å²) in [7, 11) is 0. The van der Waals surface area contributed by atoms with Crippen LogP contribution in [-0.4, -0.2) is 29.6 Å². The summed E-state index contributed by atoms with van der Waals surface area (Å²) in [5, 5.41) is 6.41. The van der Waals surface area contributed by atoms with E-state index in [-0.39, 0.29) is 24.4 Å². The van der Waals surface area contributed by atoms with Gasteiger partial charge in [0.1, 0.15) is 0 Å². The van der Waals surface area contributed by atoms with Gasteiger partial charge in [-0.1, -0.05) is 19.8 Å². The van der Waals surface area contributed by atoms with E-state index < -0.39 is 0 Å². The topological polar surface area (TPSA) is 41.1 Å². The highest BCUT2D eigenvalue weighted by atomic mass is 35.5. The molecule has 0 bridgehead atoms. The standard InChI is InChI=1S/C11H20N2OS.ClH/c1-8-4-2-3-5-9(8)13-11(14)10-6-15-7-12-10;/h8-10,12H,2-7H2,1H3,(H,13,14);1H/t8?,9?,10-;/m1./s1. The first kappa shape index (κ1) is 14.1. The molecule has 1 amide bonds. The monoisotopic (exact) mass is 264 g/mol. The molecular formula is C11H21ClN2OS. The van der Waals surface area contributed by atoms with E-state index in [2.05, 4.69) is 17.6 Å². The molecule has 3 nitrogen and oxygen atoms in total. The Morgan fingerprint density at radius 3 is 2.75 bits per heavy atom. The largest absolute Gasteiger partial charge is 0.352 e. The highest BCUT2D eigenvalue weighted by molar-refractivity contribution is 7.99. The molecule has 0 aromatic carbocycles. The van der Waals surface area contributed by atoms with E-state index >= 15 is 0 Å². The zero-order valence-electron chi connectivity index (χ0n) is 9.70. The highest BCUT2D eigenvalue weighted by Gasteiger charge is 2.27. The molecule has 2 rings (SSSR count). The molecule has 1 aliphatic carbocycles. The van der Waals surface area contributed by atoms with E-state index in [0.29, 0.717) is 12.0 Å². The van der Waals surface area contributed by atoms with Crippen LogP contribution in [0, 0.1) is 5.92 Å². The molecule has 1 saturated carbocycles. The predicted molar refractivity (Wildman–Crippen MR) is 71.1 cm³/mol. The number of carbonyl (C=O) groups is 1. The fourth-order valence-corrected chi connectivity index (χ4v) is 3.32. The first-order chi connectivity index (χ1) is 7.27. The van der Waals surface area contributed by atoms with E-state index in [1.54, 1.807) is 11.8 Å². The Morgan fingerprint density at radius 2 is 2.12 bits per heavy atom. The lowest BCUT2D eigenvalue weighted by atomic mass is 9.86. The molecule has 16 heavy (non-hydrogen) atoms. The fraction of sp³-hybridized carbons (Fsp3) is 0.909. The van der Waals surface area contributed by atoms with Crippen molar-refractivity contribution in [3.63, 3.8) is 0 Å². The molecule has 0 spiro atoms. The number of rotatable bonds is 2. The van der Waals surface area contributed by atoms with Gasteiger partial charge < -0.3 is 5.32 Å². The lowest BCUT2D eigenvalue weighted by molar-refractivity contribution is -0.123. The maximum atomic E-state index is 11.9. The molecule has 0 aromatic rings. The van der Waals surface area contributed by atoms with Gasteiger partial charge in [-0.2, -0.15) is 0 Å². The zero-order chi connectivity index (χ0) is 10.7. The van der Waals surface area contributed by atoms with Crippen LogP contribution in [0.3, 0.4) is 0 Å². The van der Waals surface area contributed by atoms with Gasteiger partial charge in [-0.05, 0) is 18.8 Å². The minimum Gasteiger partial charge on any atom is -0.352 e. The third-order valence-electron chi connectivity index (χ3n) is 3.47. The number of halogens is 1. The first-order valence-electron chi connectivity index (χ1n) is 5.89. The van der Waals surface area contributed by atoms with Gasteiger partial charge in [0, 0.05) is 17.7 Å². The van der Waals surface area contributed by atoms with E-state index in [9.17, 15) is 4.79 Å². The Hall–Kier alpha value is 0.0700. The van der Waals surface area contributed by atoms with Gasteiger partial charge in [-0.25, -0.2) is 0 Å². The fourth-order valence-electron chi connectivity index (χ4n) is 2.38. The molecule has 2 fully saturated rings. The number of nitrogens with one attached hydrogen (secondary N) is 2. The second-order valence-corrected chi connectivity index (χ2v) is 5.68. The summed E-state index contributed by atoms with van der Waals surface area (Å²) in [6.07, 6.45) is 5.01. The SMILES string of the molecule is CC1CCCCC1NC(=O)[C@H]1CSCN1.Cl. The number of amides is 1. The van der Waals surface area contributed by atoms with Crippen molar-refractivity contribution in [3.8, 4) is 0 Å². The van der Waals surface area contributed by atoms with Crippen molar-refractivity contribution in [1.82, 2.24) is 10.6 Å². The van der Waals surface area contributed by atoms with Crippen LogP contribution in [0.25, 0.3) is 0 Å². The minimum absolute atomic E-state index is 0. The van der Waals surface area contributed by atoms with Gasteiger partial charge in [0.2, 0.25) is 5.91 Å². The number of carbonyl (C=O) groups excluding carboxylic acids is 1. The zero-order valence-corrected chi connectivity index (χ0v) is 11.3. The van der Waals surface area contributed by atoms with Gasteiger partial charge in [-0.3, -0.25) is 10.1 Å². The average Bonchev–Trinajstić information content (AvgIpc) is 2.74. The molecule has 1 saturated heterocycles. The second kappa shape index (κ2) is 6.72. The van der Waals surface area contributed by atoms with Crippen molar-refractivity contribution >= 4 is 30.1 Å². The molecule has 2 unspecified atom stereocenters. The van der Waals surface area contributed by atoms with Crippen LogP contribution < -0.4 is 10.6 Å². The molecule has 0 radical (unpaired) electrons. The molecule has 3 atom stereocenters. The summed E-state index contributed by atoms with van der Waals surface area (Å²) in [6, 6.07) is 0.461. The molecule has 1 heterocycles. The van der Waals surface area contributed by atoms with E-state index in [1.165, 1.54) is 19.3 Å². The summed E-state index contributed by atoms with van der Waals surface area (Å²) < 4.78 is 0. The summed E-state index contributed by atoms with van der Waals surface area (Å²) in [6.45, 7) is 2.25. The van der Waals surface area contributed by atoms with Gasteiger partial charge in [-0.15, -0.1) is 24.2 Å². The lowest BCUT2D eigenvalue weighted by Gasteiger charge is -2.30. The summed E-state index contributed by atoms with van der Waals surface area (Å²) in [5.74, 6) is 2.70. The minimum atomic E-state index is 0. The third-order valence-corrected chi connectivity index (χ3v) is 4.41. The first-order valence-corrected chi connectivity index (χ1v) is 7.04. The average molecular weight is 265 g/mol. The highest BCUT2D eigenvalue weighted by Crippen LogP contribution is 2.24. The molecule has 1 aliphatic heterocycles. The number of hydrogen-bond donors (Lipinski definition) is 2. The van der Waals surface area contributed by atoms with Gasteiger partial charge in [0.05, 0.1) is 6.04 Å². The van der Waals surface area contributed by atoms with Crippen molar-refractivity contribution in [2.75, 3.05) is 11.6 Å². The van der Waals surface area contributed by atoms with Crippen LogP contribution in [0.15, 0.2) is 0 Å². The molecular weight excluding hydrogens is 244 g/mol. The Balaban J connectivity index is 0.00000128. The van der Waals surface area contributed by atoms with Crippen molar-refractivity contribution in [2.24, 2.45) is 5.92 Å². The van der Waals surface area contributed by atoms with Gasteiger partial charge in [0.15, 0.2) is 0 Å². The smallest absolute Gasteiger partial charge is 0.238 e. The third kappa shape index (κ3) is 3.54. The summed E-state index contributed by atoms with van der Waals surface area (Å²) in [5.41, 5.74) is 0. The van der Waals surface area contributed by atoms with Crippen molar-refractivity contribution < 1.29 is 4.79 Å². The van der Waals surface area contributed by atoms with Crippen LogP contribution in [0.4, 0.5) is 0 Å². The quantitative estimate of drug-likeness (QED) is 0.799. The Kier molecular flexibility index (Phi) is 5.94. The van der Waals surface area contributed by atoms with Crippen LogP contribution in [0.1, 0.15) is 32.6 Å². The van der Waals surface area contributed by atoms with Gasteiger partial charge >= 0.3 is 0 Å². The van der Waals surface area contributed by atoms with Crippen LogP contribution >= 0.6 is 24.2 Å². The molecule has 94 valence electrons. The van der Waals surface area contributed by atoms with Crippen LogP contribution in [0.2, 0.25) is 0 Å². The van der Waals surface area contributed by atoms with Crippen LogP contribution in [0.5, 0.6) is 0 Å². The molecule has 5 heteroatoms. The Morgan fingerprint density at radius 1 is 1.38 bits per heavy atom. The van der Waals surface area contributed by atoms with E-state index in [1.807, 2.05) is 0 Å². The summed E-state index contributed by atoms with van der Waals surface area (Å²) in [4.78, 5) is 11.9.